The molecular formula is C15H19NOS. The zero-order valence-corrected chi connectivity index (χ0v) is 12.1. The highest BCUT2D eigenvalue weighted by Crippen LogP contribution is 2.56. The average Bonchev–Trinajstić information content (AvgIpc) is 2.34. The van der Waals surface area contributed by atoms with Crippen LogP contribution in [0.2, 0.25) is 0 Å². The molecule has 0 bridgehead atoms. The number of carbonyl (C=O) groups is 1. The summed E-state index contributed by atoms with van der Waals surface area (Å²) in [6.45, 7) is 8.04. The van der Waals surface area contributed by atoms with Gasteiger partial charge in [-0.15, -0.1) is 0 Å². The molecule has 0 spiro atoms. The molecule has 18 heavy (non-hydrogen) atoms. The normalized spacial score (nSPS) is 22.1. The standard InChI is InChI=1S/C15H19NOS/c1-14(2)12(17)15(3,4)13(14)18-16-10-11-8-6-5-7-9-11/h5-10,13H,1-4H3/b16-10+. The molecule has 1 fully saturated rings. The fraction of sp³-hybridized carbons (Fsp3) is 0.467. The van der Waals surface area contributed by atoms with Gasteiger partial charge in [-0.25, -0.2) is 4.40 Å². The molecule has 1 aliphatic rings. The summed E-state index contributed by atoms with van der Waals surface area (Å²) in [5.74, 6) is 0.336. The summed E-state index contributed by atoms with van der Waals surface area (Å²) in [6.07, 6.45) is 1.86. The Balaban J connectivity index is 2.03. The Kier molecular flexibility index (Phi) is 3.37. The lowest BCUT2D eigenvalue weighted by Crippen LogP contribution is -2.62. The maximum atomic E-state index is 12.0. The predicted octanol–water partition coefficient (Wildman–Crippen LogP) is 3.76. The monoisotopic (exact) mass is 261 g/mol. The number of ketones is 1. The van der Waals surface area contributed by atoms with Crippen molar-refractivity contribution in [3.63, 3.8) is 0 Å². The van der Waals surface area contributed by atoms with Gasteiger partial charge in [0.05, 0.1) is 5.25 Å². The van der Waals surface area contributed by atoms with Crippen LogP contribution >= 0.6 is 11.9 Å². The van der Waals surface area contributed by atoms with E-state index in [-0.39, 0.29) is 16.1 Å². The SMILES string of the molecule is CC1(C)C(=O)C(C)(C)C1S/N=C/c1ccccc1. The third-order valence-corrected chi connectivity index (χ3v) is 5.27. The quantitative estimate of drug-likeness (QED) is 0.612. The summed E-state index contributed by atoms with van der Waals surface area (Å²) in [7, 11) is 0. The Morgan fingerprint density at radius 3 is 2.22 bits per heavy atom. The van der Waals surface area contributed by atoms with Crippen LogP contribution in [0, 0.1) is 10.8 Å². The number of hydrogen-bond donors (Lipinski definition) is 0. The van der Waals surface area contributed by atoms with Gasteiger partial charge in [-0.1, -0.05) is 58.0 Å². The summed E-state index contributed by atoms with van der Waals surface area (Å²) >= 11 is 1.52. The first-order valence-electron chi connectivity index (χ1n) is 6.16. The second-order valence-corrected chi connectivity index (χ2v) is 6.80. The van der Waals surface area contributed by atoms with Crippen molar-refractivity contribution in [2.24, 2.45) is 15.2 Å². The van der Waals surface area contributed by atoms with Gasteiger partial charge in [-0.2, -0.15) is 0 Å². The molecule has 1 saturated carbocycles. The van der Waals surface area contributed by atoms with Crippen LogP contribution in [-0.4, -0.2) is 17.2 Å². The van der Waals surface area contributed by atoms with E-state index in [1.54, 1.807) is 0 Å². The molecule has 0 heterocycles. The number of rotatable bonds is 3. The van der Waals surface area contributed by atoms with Gasteiger partial charge in [0.15, 0.2) is 0 Å². The van der Waals surface area contributed by atoms with Gasteiger partial charge in [0, 0.05) is 17.0 Å². The maximum Gasteiger partial charge on any atom is 0.146 e. The lowest BCUT2D eigenvalue weighted by Gasteiger charge is -2.53. The smallest absolute Gasteiger partial charge is 0.146 e. The second-order valence-electron chi connectivity index (χ2n) is 5.90. The van der Waals surface area contributed by atoms with Crippen molar-refractivity contribution in [2.75, 3.05) is 0 Å². The number of nitrogens with zero attached hydrogens (tertiary/aromatic N) is 1. The summed E-state index contributed by atoms with van der Waals surface area (Å²) in [5.41, 5.74) is 0.566. The van der Waals surface area contributed by atoms with Crippen LogP contribution in [0.3, 0.4) is 0 Å². The van der Waals surface area contributed by atoms with Crippen LogP contribution in [-0.2, 0) is 4.79 Å². The largest absolute Gasteiger partial charge is 0.298 e. The van der Waals surface area contributed by atoms with Gasteiger partial charge in [0.2, 0.25) is 0 Å². The molecule has 0 radical (unpaired) electrons. The lowest BCUT2D eigenvalue weighted by molar-refractivity contribution is -0.150. The first-order chi connectivity index (χ1) is 8.37. The zero-order valence-electron chi connectivity index (χ0n) is 11.3. The second kappa shape index (κ2) is 4.54. The summed E-state index contributed by atoms with van der Waals surface area (Å²) in [6, 6.07) is 10.0. The van der Waals surface area contributed by atoms with E-state index in [1.807, 2.05) is 64.2 Å². The van der Waals surface area contributed by atoms with Crippen molar-refractivity contribution in [3.8, 4) is 0 Å². The fourth-order valence-electron chi connectivity index (χ4n) is 2.85. The van der Waals surface area contributed by atoms with E-state index >= 15 is 0 Å². The predicted molar refractivity (Wildman–Crippen MR) is 78.0 cm³/mol. The first-order valence-corrected chi connectivity index (χ1v) is 6.99. The molecule has 0 saturated heterocycles. The molecule has 0 unspecified atom stereocenters. The van der Waals surface area contributed by atoms with Crippen molar-refractivity contribution in [3.05, 3.63) is 35.9 Å². The average molecular weight is 261 g/mol. The molecule has 1 aromatic carbocycles. The van der Waals surface area contributed by atoms with Gasteiger partial charge in [-0.3, -0.25) is 4.79 Å². The van der Waals surface area contributed by atoms with Crippen LogP contribution in [0.1, 0.15) is 33.3 Å². The van der Waals surface area contributed by atoms with Crippen molar-refractivity contribution in [1.29, 1.82) is 0 Å². The molecule has 0 aromatic heterocycles. The Morgan fingerprint density at radius 1 is 1.11 bits per heavy atom. The summed E-state index contributed by atoms with van der Waals surface area (Å²) in [4.78, 5) is 12.0. The van der Waals surface area contributed by atoms with E-state index in [4.69, 9.17) is 0 Å². The number of carbonyl (C=O) groups excluding carboxylic acids is 1. The third kappa shape index (κ3) is 2.12. The molecular weight excluding hydrogens is 242 g/mol. The molecule has 3 heteroatoms. The molecule has 1 aliphatic carbocycles. The van der Waals surface area contributed by atoms with Crippen molar-refractivity contribution >= 4 is 23.9 Å². The Hall–Kier alpha value is -1.09. The lowest BCUT2D eigenvalue weighted by atomic mass is 9.54. The summed E-state index contributed by atoms with van der Waals surface area (Å²) < 4.78 is 4.43. The highest BCUT2D eigenvalue weighted by molar-refractivity contribution is 7.99. The zero-order chi connectivity index (χ0) is 13.4. The molecule has 0 aliphatic heterocycles. The molecule has 96 valence electrons. The Bertz CT molecular complexity index is 459. The van der Waals surface area contributed by atoms with E-state index in [9.17, 15) is 4.79 Å². The van der Waals surface area contributed by atoms with Gasteiger partial charge < -0.3 is 0 Å². The minimum absolute atomic E-state index is 0.248. The minimum Gasteiger partial charge on any atom is -0.298 e. The van der Waals surface area contributed by atoms with Gasteiger partial charge in [0.25, 0.3) is 0 Å². The number of Topliss-reactive ketones (excluding diaryl/α,β-unsaturated/α-hetero) is 1. The molecule has 2 rings (SSSR count). The van der Waals surface area contributed by atoms with E-state index in [1.165, 1.54) is 11.9 Å². The maximum absolute atomic E-state index is 12.0. The Morgan fingerprint density at radius 2 is 1.67 bits per heavy atom. The highest BCUT2D eigenvalue weighted by atomic mass is 32.2. The fourth-order valence-corrected chi connectivity index (χ4v) is 3.89. The van der Waals surface area contributed by atoms with E-state index in [0.717, 1.165) is 5.56 Å². The van der Waals surface area contributed by atoms with Crippen molar-refractivity contribution in [2.45, 2.75) is 32.9 Å². The minimum atomic E-state index is -0.262. The van der Waals surface area contributed by atoms with Crippen molar-refractivity contribution < 1.29 is 4.79 Å². The molecule has 0 atom stereocenters. The van der Waals surface area contributed by atoms with Crippen LogP contribution in [0.5, 0.6) is 0 Å². The Labute approximate surface area is 113 Å². The summed E-state index contributed by atoms with van der Waals surface area (Å²) in [5, 5.41) is 0.248. The molecule has 0 N–H and O–H groups in total. The van der Waals surface area contributed by atoms with Crippen molar-refractivity contribution in [1.82, 2.24) is 0 Å². The van der Waals surface area contributed by atoms with Crippen LogP contribution in [0.15, 0.2) is 34.7 Å². The number of benzene rings is 1. The van der Waals surface area contributed by atoms with Crippen LogP contribution in [0.25, 0.3) is 0 Å². The van der Waals surface area contributed by atoms with Gasteiger partial charge in [0.1, 0.15) is 5.78 Å². The number of hydrogen-bond acceptors (Lipinski definition) is 3. The van der Waals surface area contributed by atoms with Crippen LogP contribution < -0.4 is 0 Å². The molecule has 1 aromatic rings. The van der Waals surface area contributed by atoms with E-state index in [2.05, 4.69) is 4.40 Å². The van der Waals surface area contributed by atoms with Gasteiger partial charge >= 0.3 is 0 Å². The molecule has 0 amide bonds. The van der Waals surface area contributed by atoms with E-state index in [0.29, 0.717) is 5.78 Å². The first kappa shape index (κ1) is 13.3. The molecule has 2 nitrogen and oxygen atoms in total. The highest BCUT2D eigenvalue weighted by Gasteiger charge is 2.61. The van der Waals surface area contributed by atoms with E-state index < -0.39 is 0 Å². The van der Waals surface area contributed by atoms with Crippen LogP contribution in [0.4, 0.5) is 0 Å². The third-order valence-electron chi connectivity index (χ3n) is 3.65. The van der Waals surface area contributed by atoms with Gasteiger partial charge in [-0.05, 0) is 17.5 Å². The topological polar surface area (TPSA) is 29.4 Å².